The molecule has 0 bridgehead atoms. The van der Waals surface area contributed by atoms with Gasteiger partial charge in [-0.15, -0.1) is 0 Å². The summed E-state index contributed by atoms with van der Waals surface area (Å²) in [6.07, 6.45) is -0.743. The second-order valence-electron chi connectivity index (χ2n) is 4.75. The molecule has 0 aromatic rings. The number of carbonyl (C=O) groups is 1. The van der Waals surface area contributed by atoms with Crippen molar-refractivity contribution in [1.82, 2.24) is 10.6 Å². The highest BCUT2D eigenvalue weighted by molar-refractivity contribution is 5.45. The van der Waals surface area contributed by atoms with Crippen molar-refractivity contribution in [3.63, 3.8) is 0 Å². The monoisotopic (exact) mass is 354 g/mol. The van der Waals surface area contributed by atoms with Crippen LogP contribution in [-0.4, -0.2) is 98.8 Å². The van der Waals surface area contributed by atoms with Crippen LogP contribution in [0.2, 0.25) is 0 Å². The number of amides is 1. The van der Waals surface area contributed by atoms with Crippen molar-refractivity contribution in [3.8, 4) is 0 Å². The third-order valence-electron chi connectivity index (χ3n) is 2.71. The van der Waals surface area contributed by atoms with Gasteiger partial charge < -0.3 is 34.3 Å². The number of alkyl halides is 1. The SMILES string of the molecule is CNCCOCCOCCOCCOCCOCC(F)CNC=O. The van der Waals surface area contributed by atoms with Gasteiger partial charge in [0.25, 0.3) is 0 Å². The molecule has 8 nitrogen and oxygen atoms in total. The van der Waals surface area contributed by atoms with Gasteiger partial charge >= 0.3 is 0 Å². The molecule has 0 spiro atoms. The topological polar surface area (TPSA) is 87.3 Å². The number of hydrogen-bond acceptors (Lipinski definition) is 7. The average molecular weight is 354 g/mol. The van der Waals surface area contributed by atoms with E-state index >= 15 is 0 Å². The van der Waals surface area contributed by atoms with Crippen molar-refractivity contribution in [2.24, 2.45) is 0 Å². The summed E-state index contributed by atoms with van der Waals surface area (Å²) in [6, 6.07) is 0. The van der Waals surface area contributed by atoms with E-state index in [4.69, 9.17) is 23.7 Å². The van der Waals surface area contributed by atoms with E-state index in [2.05, 4.69) is 10.6 Å². The van der Waals surface area contributed by atoms with Crippen LogP contribution in [0.3, 0.4) is 0 Å². The van der Waals surface area contributed by atoms with E-state index in [1.54, 1.807) is 0 Å². The minimum absolute atomic E-state index is 0.0393. The molecule has 1 amide bonds. The van der Waals surface area contributed by atoms with Gasteiger partial charge in [-0.3, -0.25) is 4.79 Å². The van der Waals surface area contributed by atoms with E-state index in [1.165, 1.54) is 0 Å². The number of rotatable bonds is 20. The number of likely N-dealkylation sites (N-methyl/N-ethyl adjacent to an activating group) is 1. The van der Waals surface area contributed by atoms with Crippen molar-refractivity contribution >= 4 is 6.41 Å². The van der Waals surface area contributed by atoms with Crippen LogP contribution in [0.4, 0.5) is 4.39 Å². The number of ether oxygens (including phenoxy) is 5. The molecule has 0 aliphatic heterocycles. The molecular weight excluding hydrogens is 323 g/mol. The molecule has 2 N–H and O–H groups in total. The summed E-state index contributed by atoms with van der Waals surface area (Å²) in [5.41, 5.74) is 0. The van der Waals surface area contributed by atoms with Crippen LogP contribution in [0.25, 0.3) is 0 Å². The van der Waals surface area contributed by atoms with Crippen LogP contribution in [0.15, 0.2) is 0 Å². The highest BCUT2D eigenvalue weighted by Crippen LogP contribution is 1.90. The van der Waals surface area contributed by atoms with Crippen molar-refractivity contribution in [2.45, 2.75) is 6.17 Å². The van der Waals surface area contributed by atoms with Crippen LogP contribution in [0, 0.1) is 0 Å². The van der Waals surface area contributed by atoms with Gasteiger partial charge in [0.1, 0.15) is 6.17 Å². The first-order valence-electron chi connectivity index (χ1n) is 8.15. The summed E-state index contributed by atoms with van der Waals surface area (Å²) in [5.74, 6) is 0. The molecular formula is C15H31FN2O6. The summed E-state index contributed by atoms with van der Waals surface area (Å²) < 4.78 is 39.3. The van der Waals surface area contributed by atoms with E-state index in [0.29, 0.717) is 65.9 Å². The molecule has 144 valence electrons. The Morgan fingerprint density at radius 2 is 1.29 bits per heavy atom. The molecule has 0 aliphatic carbocycles. The Balaban J connectivity index is 3.03. The summed E-state index contributed by atoms with van der Waals surface area (Å²) in [7, 11) is 1.88. The Morgan fingerprint density at radius 3 is 1.75 bits per heavy atom. The van der Waals surface area contributed by atoms with Crippen LogP contribution < -0.4 is 10.6 Å². The first kappa shape index (κ1) is 23.2. The Morgan fingerprint density at radius 1 is 0.833 bits per heavy atom. The second kappa shape index (κ2) is 20.2. The molecule has 0 aliphatic rings. The lowest BCUT2D eigenvalue weighted by molar-refractivity contribution is -0.109. The van der Waals surface area contributed by atoms with Crippen molar-refractivity contribution < 1.29 is 32.9 Å². The van der Waals surface area contributed by atoms with E-state index in [-0.39, 0.29) is 13.2 Å². The highest BCUT2D eigenvalue weighted by Gasteiger charge is 2.04. The molecule has 0 saturated heterocycles. The number of halogens is 1. The van der Waals surface area contributed by atoms with Crippen LogP contribution in [-0.2, 0) is 28.5 Å². The van der Waals surface area contributed by atoms with E-state index in [1.807, 2.05) is 7.05 Å². The smallest absolute Gasteiger partial charge is 0.207 e. The predicted molar refractivity (Wildman–Crippen MR) is 87.0 cm³/mol. The normalized spacial score (nSPS) is 12.2. The highest BCUT2D eigenvalue weighted by atomic mass is 19.1. The first-order chi connectivity index (χ1) is 11.8. The van der Waals surface area contributed by atoms with Crippen LogP contribution in [0.1, 0.15) is 0 Å². The van der Waals surface area contributed by atoms with Crippen molar-refractivity contribution in [1.29, 1.82) is 0 Å². The fourth-order valence-corrected chi connectivity index (χ4v) is 1.50. The molecule has 0 fully saturated rings. The molecule has 9 heteroatoms. The summed E-state index contributed by atoms with van der Waals surface area (Å²) in [5, 5.41) is 5.24. The zero-order valence-corrected chi connectivity index (χ0v) is 14.5. The van der Waals surface area contributed by atoms with E-state index < -0.39 is 6.17 Å². The summed E-state index contributed by atoms with van der Waals surface area (Å²) in [6.45, 7) is 5.16. The van der Waals surface area contributed by atoms with Gasteiger partial charge in [0, 0.05) is 6.54 Å². The fraction of sp³-hybridized carbons (Fsp3) is 0.933. The third kappa shape index (κ3) is 19.2. The Kier molecular flexibility index (Phi) is 19.5. The second-order valence-corrected chi connectivity index (χ2v) is 4.75. The van der Waals surface area contributed by atoms with Crippen LogP contribution >= 0.6 is 0 Å². The van der Waals surface area contributed by atoms with E-state index in [0.717, 1.165) is 6.54 Å². The van der Waals surface area contributed by atoms with Crippen molar-refractivity contribution in [2.75, 3.05) is 86.2 Å². The molecule has 0 heterocycles. The lowest BCUT2D eigenvalue weighted by atomic mass is 10.4. The maximum atomic E-state index is 13.0. The lowest BCUT2D eigenvalue weighted by Crippen LogP contribution is -2.26. The van der Waals surface area contributed by atoms with Gasteiger partial charge in [0.05, 0.1) is 72.6 Å². The molecule has 0 aromatic heterocycles. The predicted octanol–water partition coefficient (Wildman–Crippen LogP) is -0.627. The molecule has 0 radical (unpaired) electrons. The Labute approximate surface area is 143 Å². The van der Waals surface area contributed by atoms with E-state index in [9.17, 15) is 9.18 Å². The maximum absolute atomic E-state index is 13.0. The Hall–Kier alpha value is -0.840. The van der Waals surface area contributed by atoms with Gasteiger partial charge in [0.2, 0.25) is 6.41 Å². The summed E-state index contributed by atoms with van der Waals surface area (Å²) >= 11 is 0. The van der Waals surface area contributed by atoms with Gasteiger partial charge in [0.15, 0.2) is 0 Å². The largest absolute Gasteiger partial charge is 0.378 e. The van der Waals surface area contributed by atoms with Crippen LogP contribution in [0.5, 0.6) is 0 Å². The molecule has 0 aromatic carbocycles. The fourth-order valence-electron chi connectivity index (χ4n) is 1.50. The number of carbonyl (C=O) groups excluding carboxylic acids is 1. The quantitative estimate of drug-likeness (QED) is 0.222. The molecule has 1 unspecified atom stereocenters. The Bertz CT molecular complexity index is 264. The lowest BCUT2D eigenvalue weighted by Gasteiger charge is -2.09. The van der Waals surface area contributed by atoms with Crippen molar-refractivity contribution in [3.05, 3.63) is 0 Å². The third-order valence-corrected chi connectivity index (χ3v) is 2.71. The standard InChI is InChI=1S/C15H31FN2O6/c1-17-2-3-20-4-5-21-6-7-22-8-9-23-10-11-24-13-15(16)12-18-14-19/h14-15,17H,2-13H2,1H3,(H,18,19). The number of hydrogen-bond donors (Lipinski definition) is 2. The summed E-state index contributed by atoms with van der Waals surface area (Å²) in [4.78, 5) is 9.97. The van der Waals surface area contributed by atoms with Gasteiger partial charge in [-0.25, -0.2) is 4.39 Å². The minimum Gasteiger partial charge on any atom is -0.378 e. The maximum Gasteiger partial charge on any atom is 0.207 e. The molecule has 24 heavy (non-hydrogen) atoms. The van der Waals surface area contributed by atoms with Gasteiger partial charge in [-0.1, -0.05) is 0 Å². The molecule has 0 saturated carbocycles. The number of nitrogens with one attached hydrogen (secondary N) is 2. The first-order valence-corrected chi connectivity index (χ1v) is 8.15. The molecule has 0 rings (SSSR count). The average Bonchev–Trinajstić information content (AvgIpc) is 2.59. The van der Waals surface area contributed by atoms with Gasteiger partial charge in [-0.2, -0.15) is 0 Å². The minimum atomic E-state index is -1.20. The zero-order valence-electron chi connectivity index (χ0n) is 14.5. The van der Waals surface area contributed by atoms with Gasteiger partial charge in [-0.05, 0) is 7.05 Å². The zero-order chi connectivity index (χ0) is 17.7. The molecule has 1 atom stereocenters.